The zero-order valence-corrected chi connectivity index (χ0v) is 10.0. The maximum absolute atomic E-state index is 13.6. The molecule has 1 aromatic carbocycles. The summed E-state index contributed by atoms with van der Waals surface area (Å²) >= 11 is 0. The third kappa shape index (κ3) is 3.25. The largest absolute Gasteiger partial charge is 0.325 e. The maximum Gasteiger partial charge on any atom is 0.129 e. The van der Waals surface area contributed by atoms with Gasteiger partial charge in [0.05, 0.1) is 0 Å². The third-order valence-corrected chi connectivity index (χ3v) is 3.66. The van der Waals surface area contributed by atoms with Crippen molar-refractivity contribution in [2.75, 3.05) is 0 Å². The van der Waals surface area contributed by atoms with Crippen molar-refractivity contribution >= 4 is 0 Å². The first-order valence-electron chi connectivity index (χ1n) is 6.32. The molecule has 94 valence electrons. The van der Waals surface area contributed by atoms with Crippen LogP contribution in [0.3, 0.4) is 0 Å². The highest BCUT2D eigenvalue weighted by Gasteiger charge is 2.27. The molecule has 0 spiro atoms. The van der Waals surface area contributed by atoms with Gasteiger partial charge in [-0.25, -0.2) is 8.78 Å². The van der Waals surface area contributed by atoms with Gasteiger partial charge in [0, 0.05) is 11.6 Å². The summed E-state index contributed by atoms with van der Waals surface area (Å²) in [6, 6.07) is 3.76. The van der Waals surface area contributed by atoms with E-state index in [1.807, 2.05) is 0 Å². The van der Waals surface area contributed by atoms with Crippen molar-refractivity contribution in [3.05, 3.63) is 35.4 Å². The molecular formula is C14H19F2N. The van der Waals surface area contributed by atoms with Gasteiger partial charge in [0.15, 0.2) is 0 Å². The predicted molar refractivity (Wildman–Crippen MR) is 64.7 cm³/mol. The molecule has 1 fully saturated rings. The van der Waals surface area contributed by atoms with Crippen molar-refractivity contribution in [3.8, 4) is 0 Å². The van der Waals surface area contributed by atoms with E-state index >= 15 is 0 Å². The van der Waals surface area contributed by atoms with Crippen LogP contribution < -0.4 is 5.73 Å². The Morgan fingerprint density at radius 3 is 2.29 bits per heavy atom. The quantitative estimate of drug-likeness (QED) is 0.785. The molecule has 0 aliphatic heterocycles. The zero-order chi connectivity index (χ0) is 12.3. The molecule has 0 radical (unpaired) electrons. The molecule has 1 aliphatic carbocycles. The second-order valence-corrected chi connectivity index (χ2v) is 5.19. The number of halogens is 2. The minimum atomic E-state index is -0.529. The minimum Gasteiger partial charge on any atom is -0.325 e. The molecule has 1 saturated carbocycles. The highest BCUT2D eigenvalue weighted by molar-refractivity contribution is 5.21. The van der Waals surface area contributed by atoms with Crippen LogP contribution >= 0.6 is 0 Å². The Bertz CT molecular complexity index is 382. The Hall–Kier alpha value is -0.960. The van der Waals surface area contributed by atoms with Crippen molar-refractivity contribution < 1.29 is 8.78 Å². The molecule has 2 rings (SSSR count). The Balaban J connectivity index is 2.12. The summed E-state index contributed by atoms with van der Waals surface area (Å²) in [7, 11) is 0. The van der Waals surface area contributed by atoms with Crippen molar-refractivity contribution in [2.45, 2.75) is 50.5 Å². The molecule has 0 saturated heterocycles. The summed E-state index contributed by atoms with van der Waals surface area (Å²) in [6.07, 6.45) is 7.03. The first kappa shape index (κ1) is 12.5. The van der Waals surface area contributed by atoms with E-state index in [9.17, 15) is 8.78 Å². The molecule has 0 bridgehead atoms. The lowest BCUT2D eigenvalue weighted by Gasteiger charge is -2.28. The topological polar surface area (TPSA) is 26.0 Å². The van der Waals surface area contributed by atoms with Crippen LogP contribution in [0.5, 0.6) is 0 Å². The van der Waals surface area contributed by atoms with E-state index in [0.29, 0.717) is 12.0 Å². The van der Waals surface area contributed by atoms with E-state index in [0.717, 1.165) is 31.7 Å². The molecule has 0 unspecified atom stereocenters. The van der Waals surface area contributed by atoms with Crippen molar-refractivity contribution in [2.24, 2.45) is 5.73 Å². The first-order chi connectivity index (χ1) is 8.09. The van der Waals surface area contributed by atoms with Gasteiger partial charge in [-0.3, -0.25) is 0 Å². The normalized spacial score (nSPS) is 19.9. The fraction of sp³-hybridized carbons (Fsp3) is 0.571. The molecule has 2 N–H and O–H groups in total. The summed E-state index contributed by atoms with van der Waals surface area (Å²) in [5, 5.41) is 0. The first-order valence-corrected chi connectivity index (χ1v) is 6.32. The Morgan fingerprint density at radius 2 is 1.71 bits per heavy atom. The average Bonchev–Trinajstić information content (AvgIpc) is 2.48. The van der Waals surface area contributed by atoms with Gasteiger partial charge in [-0.15, -0.1) is 0 Å². The maximum atomic E-state index is 13.6. The van der Waals surface area contributed by atoms with Gasteiger partial charge >= 0.3 is 0 Å². The predicted octanol–water partition coefficient (Wildman–Crippen LogP) is 3.56. The zero-order valence-electron chi connectivity index (χ0n) is 10.0. The number of rotatable bonds is 2. The van der Waals surface area contributed by atoms with Crippen molar-refractivity contribution in [3.63, 3.8) is 0 Å². The van der Waals surface area contributed by atoms with Crippen LogP contribution in [0.4, 0.5) is 8.78 Å². The molecular weight excluding hydrogens is 220 g/mol. The highest BCUT2D eigenvalue weighted by Crippen LogP contribution is 2.29. The second-order valence-electron chi connectivity index (χ2n) is 5.19. The number of hydrogen-bond acceptors (Lipinski definition) is 1. The van der Waals surface area contributed by atoms with Gasteiger partial charge in [-0.2, -0.15) is 0 Å². The molecule has 0 aromatic heterocycles. The van der Waals surface area contributed by atoms with E-state index in [-0.39, 0.29) is 5.54 Å². The molecule has 0 heterocycles. The van der Waals surface area contributed by atoms with Crippen molar-refractivity contribution in [1.82, 2.24) is 0 Å². The summed E-state index contributed by atoms with van der Waals surface area (Å²) in [5.74, 6) is -1.00. The number of benzene rings is 1. The standard InChI is InChI=1S/C14H19F2N/c15-12-6-5-11(13(16)9-12)10-14(17)7-3-1-2-4-8-14/h5-6,9H,1-4,7-8,10,17H2. The molecule has 0 amide bonds. The minimum absolute atomic E-state index is 0.310. The van der Waals surface area contributed by atoms with Gasteiger partial charge in [0.25, 0.3) is 0 Å². The lowest BCUT2D eigenvalue weighted by Crippen LogP contribution is -2.41. The second kappa shape index (κ2) is 5.13. The number of nitrogens with two attached hydrogens (primary N) is 1. The summed E-state index contributed by atoms with van der Waals surface area (Å²) in [4.78, 5) is 0. The van der Waals surface area contributed by atoms with E-state index in [1.165, 1.54) is 25.0 Å². The van der Waals surface area contributed by atoms with Crippen LogP contribution in [0.25, 0.3) is 0 Å². The third-order valence-electron chi connectivity index (χ3n) is 3.66. The molecule has 17 heavy (non-hydrogen) atoms. The molecule has 1 aromatic rings. The van der Waals surface area contributed by atoms with Gasteiger partial charge in [0.1, 0.15) is 11.6 Å². The van der Waals surface area contributed by atoms with Gasteiger partial charge in [-0.1, -0.05) is 31.7 Å². The lowest BCUT2D eigenvalue weighted by molar-refractivity contribution is 0.363. The lowest BCUT2D eigenvalue weighted by atomic mass is 9.85. The van der Waals surface area contributed by atoms with Crippen LogP contribution in [0.15, 0.2) is 18.2 Å². The average molecular weight is 239 g/mol. The van der Waals surface area contributed by atoms with Gasteiger partial charge in [-0.05, 0) is 30.9 Å². The Kier molecular flexibility index (Phi) is 3.77. The summed E-state index contributed by atoms with van der Waals surface area (Å²) < 4.78 is 26.4. The summed E-state index contributed by atoms with van der Waals surface area (Å²) in [6.45, 7) is 0. The monoisotopic (exact) mass is 239 g/mol. The van der Waals surface area contributed by atoms with Crippen LogP contribution in [0, 0.1) is 11.6 Å². The molecule has 0 atom stereocenters. The molecule has 1 aliphatic rings. The van der Waals surface area contributed by atoms with Gasteiger partial charge in [0.2, 0.25) is 0 Å². The Morgan fingerprint density at radius 1 is 1.06 bits per heavy atom. The van der Waals surface area contributed by atoms with E-state index < -0.39 is 11.6 Å². The fourth-order valence-corrected chi connectivity index (χ4v) is 2.65. The van der Waals surface area contributed by atoms with Crippen LogP contribution in [-0.4, -0.2) is 5.54 Å². The Labute approximate surface area is 101 Å². The smallest absolute Gasteiger partial charge is 0.129 e. The number of hydrogen-bond donors (Lipinski definition) is 1. The molecule has 1 nitrogen and oxygen atoms in total. The van der Waals surface area contributed by atoms with Crippen molar-refractivity contribution in [1.29, 1.82) is 0 Å². The van der Waals surface area contributed by atoms with Crippen LogP contribution in [0.1, 0.15) is 44.1 Å². The molecule has 3 heteroatoms. The van der Waals surface area contributed by atoms with E-state index in [4.69, 9.17) is 5.73 Å². The van der Waals surface area contributed by atoms with Crippen LogP contribution in [-0.2, 0) is 6.42 Å². The highest BCUT2D eigenvalue weighted by atomic mass is 19.1. The van der Waals surface area contributed by atoms with Crippen LogP contribution in [0.2, 0.25) is 0 Å². The summed E-state index contributed by atoms with van der Waals surface area (Å²) in [5.41, 5.74) is 6.57. The van der Waals surface area contributed by atoms with Gasteiger partial charge < -0.3 is 5.73 Å². The fourth-order valence-electron chi connectivity index (χ4n) is 2.65. The van der Waals surface area contributed by atoms with E-state index in [1.54, 1.807) is 0 Å². The van der Waals surface area contributed by atoms with E-state index in [2.05, 4.69) is 0 Å². The SMILES string of the molecule is NC1(Cc2ccc(F)cc2F)CCCCCC1.